The molecule has 0 radical (unpaired) electrons. The molecular formula is C13H18OS. The second-order valence-corrected chi connectivity index (χ2v) is 5.20. The number of hydrogen-bond acceptors (Lipinski definition) is 2. The first-order valence-corrected chi connectivity index (χ1v) is 6.84. The molecular weight excluding hydrogens is 204 g/mol. The number of benzene rings is 1. The van der Waals surface area contributed by atoms with Crippen molar-refractivity contribution in [1.82, 2.24) is 0 Å². The number of hydrogen-bond donors (Lipinski definition) is 1. The molecule has 1 aromatic rings. The monoisotopic (exact) mass is 222 g/mol. The highest BCUT2D eigenvalue weighted by molar-refractivity contribution is 7.98. The molecule has 2 rings (SSSR count). The van der Waals surface area contributed by atoms with E-state index in [-0.39, 0.29) is 0 Å². The Hall–Kier alpha value is -0.470. The molecule has 0 aliphatic heterocycles. The van der Waals surface area contributed by atoms with Gasteiger partial charge in [0.05, 0.1) is 5.60 Å². The van der Waals surface area contributed by atoms with Crippen LogP contribution in [-0.4, -0.2) is 11.4 Å². The lowest BCUT2D eigenvalue weighted by Gasteiger charge is -2.32. The van der Waals surface area contributed by atoms with E-state index in [0.29, 0.717) is 0 Å². The van der Waals surface area contributed by atoms with Crippen LogP contribution in [0.3, 0.4) is 0 Å². The van der Waals surface area contributed by atoms with Crippen molar-refractivity contribution in [3.8, 4) is 0 Å². The van der Waals surface area contributed by atoms with Crippen LogP contribution in [0.5, 0.6) is 0 Å². The van der Waals surface area contributed by atoms with Crippen molar-refractivity contribution in [2.45, 2.75) is 42.6 Å². The average molecular weight is 222 g/mol. The summed E-state index contributed by atoms with van der Waals surface area (Å²) >= 11 is 1.74. The SMILES string of the molecule is CSc1ccc(C2(O)CCCCC2)cc1. The minimum Gasteiger partial charge on any atom is -0.385 e. The first-order valence-electron chi connectivity index (χ1n) is 5.61. The van der Waals surface area contributed by atoms with Crippen molar-refractivity contribution >= 4 is 11.8 Å². The number of thioether (sulfide) groups is 1. The first-order chi connectivity index (χ1) is 7.24. The molecule has 0 heterocycles. The summed E-state index contributed by atoms with van der Waals surface area (Å²) < 4.78 is 0. The topological polar surface area (TPSA) is 20.2 Å². The average Bonchev–Trinajstić information content (AvgIpc) is 2.30. The van der Waals surface area contributed by atoms with Crippen LogP contribution in [0.1, 0.15) is 37.7 Å². The van der Waals surface area contributed by atoms with Crippen molar-refractivity contribution in [2.75, 3.05) is 6.26 Å². The third-order valence-electron chi connectivity index (χ3n) is 3.31. The van der Waals surface area contributed by atoms with E-state index in [1.165, 1.54) is 11.3 Å². The van der Waals surface area contributed by atoms with Crippen LogP contribution < -0.4 is 0 Å². The third kappa shape index (κ3) is 2.37. The van der Waals surface area contributed by atoms with Gasteiger partial charge < -0.3 is 5.11 Å². The molecule has 1 aromatic carbocycles. The minimum atomic E-state index is -0.546. The summed E-state index contributed by atoms with van der Waals surface area (Å²) in [5.74, 6) is 0. The fourth-order valence-electron chi connectivity index (χ4n) is 2.33. The predicted octanol–water partition coefficient (Wildman–Crippen LogP) is 3.56. The number of aliphatic hydroxyl groups is 1. The number of rotatable bonds is 2. The van der Waals surface area contributed by atoms with E-state index in [9.17, 15) is 5.11 Å². The maximum atomic E-state index is 10.5. The highest BCUT2D eigenvalue weighted by Gasteiger charge is 2.30. The highest BCUT2D eigenvalue weighted by Crippen LogP contribution is 2.37. The van der Waals surface area contributed by atoms with Crippen LogP contribution >= 0.6 is 11.8 Å². The van der Waals surface area contributed by atoms with Gasteiger partial charge in [0.25, 0.3) is 0 Å². The second-order valence-electron chi connectivity index (χ2n) is 4.32. The Labute approximate surface area is 95.9 Å². The second kappa shape index (κ2) is 4.58. The summed E-state index contributed by atoms with van der Waals surface area (Å²) in [5, 5.41) is 10.5. The van der Waals surface area contributed by atoms with Crippen LogP contribution in [0.15, 0.2) is 29.2 Å². The molecule has 0 aromatic heterocycles. The zero-order chi connectivity index (χ0) is 10.7. The lowest BCUT2D eigenvalue weighted by atomic mass is 9.80. The molecule has 0 saturated heterocycles. The molecule has 1 fully saturated rings. The quantitative estimate of drug-likeness (QED) is 0.772. The smallest absolute Gasteiger partial charge is 0.0896 e. The first kappa shape index (κ1) is 11.0. The zero-order valence-electron chi connectivity index (χ0n) is 9.20. The lowest BCUT2D eigenvalue weighted by Crippen LogP contribution is -2.28. The Morgan fingerprint density at radius 1 is 1.07 bits per heavy atom. The molecule has 0 bridgehead atoms. The summed E-state index contributed by atoms with van der Waals surface area (Å²) in [4.78, 5) is 1.26. The van der Waals surface area contributed by atoms with Crippen LogP contribution in [0, 0.1) is 0 Å². The summed E-state index contributed by atoms with van der Waals surface area (Å²) in [5.41, 5.74) is 0.551. The maximum Gasteiger partial charge on any atom is 0.0896 e. The highest BCUT2D eigenvalue weighted by atomic mass is 32.2. The van der Waals surface area contributed by atoms with Crippen molar-refractivity contribution in [3.63, 3.8) is 0 Å². The molecule has 1 aliphatic carbocycles. The molecule has 1 nitrogen and oxygen atoms in total. The van der Waals surface area contributed by atoms with Crippen LogP contribution in [0.4, 0.5) is 0 Å². The van der Waals surface area contributed by atoms with Gasteiger partial charge in [0.2, 0.25) is 0 Å². The molecule has 1 aliphatic rings. The van der Waals surface area contributed by atoms with Crippen LogP contribution in [0.25, 0.3) is 0 Å². The van der Waals surface area contributed by atoms with Crippen molar-refractivity contribution in [2.24, 2.45) is 0 Å². The summed E-state index contributed by atoms with van der Waals surface area (Å²) in [7, 11) is 0. The van der Waals surface area contributed by atoms with Crippen LogP contribution in [0.2, 0.25) is 0 Å². The Morgan fingerprint density at radius 2 is 1.67 bits per heavy atom. The maximum absolute atomic E-state index is 10.5. The summed E-state index contributed by atoms with van der Waals surface area (Å²) in [6, 6.07) is 8.37. The van der Waals surface area contributed by atoms with Gasteiger partial charge in [-0.15, -0.1) is 11.8 Å². The van der Waals surface area contributed by atoms with Gasteiger partial charge in [0.15, 0.2) is 0 Å². The minimum absolute atomic E-state index is 0.546. The largest absolute Gasteiger partial charge is 0.385 e. The van der Waals surface area contributed by atoms with Crippen molar-refractivity contribution in [1.29, 1.82) is 0 Å². The van der Waals surface area contributed by atoms with Gasteiger partial charge in [0.1, 0.15) is 0 Å². The van der Waals surface area contributed by atoms with Crippen molar-refractivity contribution in [3.05, 3.63) is 29.8 Å². The molecule has 0 atom stereocenters. The van der Waals surface area contributed by atoms with Crippen LogP contribution in [-0.2, 0) is 5.60 Å². The van der Waals surface area contributed by atoms with Gasteiger partial charge in [0, 0.05) is 4.90 Å². The molecule has 1 saturated carbocycles. The van der Waals surface area contributed by atoms with Gasteiger partial charge in [-0.1, -0.05) is 31.4 Å². The molecule has 0 unspecified atom stereocenters. The zero-order valence-corrected chi connectivity index (χ0v) is 10.0. The van der Waals surface area contributed by atoms with E-state index in [0.717, 1.165) is 31.2 Å². The van der Waals surface area contributed by atoms with Gasteiger partial charge in [-0.3, -0.25) is 0 Å². The van der Waals surface area contributed by atoms with Gasteiger partial charge >= 0.3 is 0 Å². The van der Waals surface area contributed by atoms with E-state index in [2.05, 4.69) is 30.5 Å². The molecule has 0 spiro atoms. The Kier molecular flexibility index (Phi) is 3.37. The Balaban J connectivity index is 2.20. The van der Waals surface area contributed by atoms with Gasteiger partial charge in [-0.2, -0.15) is 0 Å². The Bertz CT molecular complexity index is 312. The summed E-state index contributed by atoms with van der Waals surface area (Å²) in [6.45, 7) is 0. The van der Waals surface area contributed by atoms with Crippen molar-refractivity contribution < 1.29 is 5.11 Å². The molecule has 0 amide bonds. The van der Waals surface area contributed by atoms with E-state index >= 15 is 0 Å². The van der Waals surface area contributed by atoms with E-state index < -0.39 is 5.60 Å². The summed E-state index contributed by atoms with van der Waals surface area (Å²) in [6.07, 6.45) is 7.49. The van der Waals surface area contributed by atoms with Gasteiger partial charge in [-0.25, -0.2) is 0 Å². The predicted molar refractivity (Wildman–Crippen MR) is 65.2 cm³/mol. The van der Waals surface area contributed by atoms with E-state index in [1.807, 2.05) is 0 Å². The molecule has 82 valence electrons. The standard InChI is InChI=1S/C13H18OS/c1-15-12-7-5-11(6-8-12)13(14)9-3-2-4-10-13/h5-8,14H,2-4,9-10H2,1H3. The van der Waals surface area contributed by atoms with E-state index in [1.54, 1.807) is 11.8 Å². The molecule has 2 heteroatoms. The third-order valence-corrected chi connectivity index (χ3v) is 4.05. The Morgan fingerprint density at radius 3 is 2.20 bits per heavy atom. The van der Waals surface area contributed by atoms with Gasteiger partial charge in [-0.05, 0) is 36.8 Å². The molecule has 15 heavy (non-hydrogen) atoms. The van der Waals surface area contributed by atoms with E-state index in [4.69, 9.17) is 0 Å². The fourth-order valence-corrected chi connectivity index (χ4v) is 2.73. The molecule has 1 N–H and O–H groups in total. The fraction of sp³-hybridized carbons (Fsp3) is 0.538. The lowest BCUT2D eigenvalue weighted by molar-refractivity contribution is -0.000667. The normalized spacial score (nSPS) is 20.1.